The lowest BCUT2D eigenvalue weighted by molar-refractivity contribution is 0.0698. The quantitative estimate of drug-likeness (QED) is 0.827. The molecule has 0 aromatic heterocycles. The average Bonchev–Trinajstić information content (AvgIpc) is 2.58. The van der Waals surface area contributed by atoms with Crippen LogP contribution in [0.4, 0.5) is 4.79 Å². The van der Waals surface area contributed by atoms with E-state index in [0.29, 0.717) is 6.54 Å². The first kappa shape index (κ1) is 12.9. The SMILES string of the molecule is Cc1ccc(C(C)(C)C)cc1C1(C)CNC(=O)O1. The number of carbonyl (C=O) groups is 1. The Morgan fingerprint density at radius 1 is 1.33 bits per heavy atom. The zero-order valence-electron chi connectivity index (χ0n) is 11.8. The number of ether oxygens (including phenoxy) is 1. The Labute approximate surface area is 109 Å². The molecule has 1 heterocycles. The number of amides is 1. The summed E-state index contributed by atoms with van der Waals surface area (Å²) >= 11 is 0. The molecular formula is C15H21NO2. The molecule has 3 heteroatoms. The Morgan fingerprint density at radius 2 is 2.00 bits per heavy atom. The van der Waals surface area contributed by atoms with Crippen molar-refractivity contribution in [2.24, 2.45) is 0 Å². The van der Waals surface area contributed by atoms with Crippen LogP contribution in [0.1, 0.15) is 44.4 Å². The smallest absolute Gasteiger partial charge is 0.408 e. The maximum absolute atomic E-state index is 11.3. The molecule has 1 saturated heterocycles. The summed E-state index contributed by atoms with van der Waals surface area (Å²) in [6.45, 7) is 11.1. The number of benzene rings is 1. The van der Waals surface area contributed by atoms with Gasteiger partial charge in [-0.3, -0.25) is 0 Å². The van der Waals surface area contributed by atoms with Crippen molar-refractivity contribution in [3.05, 3.63) is 34.9 Å². The molecule has 1 fully saturated rings. The summed E-state index contributed by atoms with van der Waals surface area (Å²) in [7, 11) is 0. The topological polar surface area (TPSA) is 38.3 Å². The molecule has 1 amide bonds. The minimum Gasteiger partial charge on any atom is -0.436 e. The molecule has 1 aromatic carbocycles. The van der Waals surface area contributed by atoms with E-state index in [1.807, 2.05) is 6.92 Å². The molecule has 1 aliphatic rings. The Morgan fingerprint density at radius 3 is 2.50 bits per heavy atom. The zero-order valence-corrected chi connectivity index (χ0v) is 11.8. The molecule has 18 heavy (non-hydrogen) atoms. The molecule has 1 aliphatic heterocycles. The number of cyclic esters (lactones) is 1. The molecule has 1 N–H and O–H groups in total. The molecule has 3 nitrogen and oxygen atoms in total. The maximum Gasteiger partial charge on any atom is 0.408 e. The van der Waals surface area contributed by atoms with Crippen LogP contribution in [0.15, 0.2) is 18.2 Å². The largest absolute Gasteiger partial charge is 0.436 e. The van der Waals surface area contributed by atoms with Gasteiger partial charge in [0.25, 0.3) is 0 Å². The van der Waals surface area contributed by atoms with Gasteiger partial charge in [-0.15, -0.1) is 0 Å². The molecule has 0 aliphatic carbocycles. The molecule has 0 saturated carbocycles. The van der Waals surface area contributed by atoms with Crippen molar-refractivity contribution >= 4 is 6.09 Å². The van der Waals surface area contributed by atoms with Crippen LogP contribution < -0.4 is 5.32 Å². The molecule has 0 spiro atoms. The van der Waals surface area contributed by atoms with Crippen molar-refractivity contribution in [3.8, 4) is 0 Å². The van der Waals surface area contributed by atoms with Crippen LogP contribution in [0.5, 0.6) is 0 Å². The fourth-order valence-electron chi connectivity index (χ4n) is 2.33. The van der Waals surface area contributed by atoms with Crippen molar-refractivity contribution in [2.45, 2.75) is 45.6 Å². The number of hydrogen-bond acceptors (Lipinski definition) is 2. The summed E-state index contributed by atoms with van der Waals surface area (Å²) in [5.74, 6) is 0. The van der Waals surface area contributed by atoms with E-state index in [1.165, 1.54) is 5.56 Å². The van der Waals surface area contributed by atoms with Crippen LogP contribution in [0.25, 0.3) is 0 Å². The first-order valence-electron chi connectivity index (χ1n) is 6.31. The van der Waals surface area contributed by atoms with Crippen molar-refractivity contribution < 1.29 is 9.53 Å². The third kappa shape index (κ3) is 2.22. The minimum absolute atomic E-state index is 0.0921. The number of rotatable bonds is 1. The summed E-state index contributed by atoms with van der Waals surface area (Å²) in [5, 5.41) is 2.73. The fourth-order valence-corrected chi connectivity index (χ4v) is 2.33. The molecule has 1 unspecified atom stereocenters. The third-order valence-electron chi connectivity index (χ3n) is 3.56. The summed E-state index contributed by atoms with van der Waals surface area (Å²) in [6, 6.07) is 6.41. The van der Waals surface area contributed by atoms with E-state index in [4.69, 9.17) is 4.74 Å². The number of aryl methyl sites for hydroxylation is 1. The fraction of sp³-hybridized carbons (Fsp3) is 0.533. The number of alkyl carbamates (subject to hydrolysis) is 1. The van der Waals surface area contributed by atoms with Crippen LogP contribution in [0.3, 0.4) is 0 Å². The highest BCUT2D eigenvalue weighted by atomic mass is 16.6. The average molecular weight is 247 g/mol. The highest BCUT2D eigenvalue weighted by Crippen LogP contribution is 2.34. The highest BCUT2D eigenvalue weighted by Gasteiger charge is 2.38. The van der Waals surface area contributed by atoms with E-state index in [0.717, 1.165) is 11.1 Å². The van der Waals surface area contributed by atoms with Gasteiger partial charge in [0.2, 0.25) is 0 Å². The van der Waals surface area contributed by atoms with Crippen molar-refractivity contribution in [1.82, 2.24) is 5.32 Å². The van der Waals surface area contributed by atoms with E-state index in [1.54, 1.807) is 0 Å². The normalized spacial score (nSPS) is 23.7. The van der Waals surface area contributed by atoms with Crippen molar-refractivity contribution in [1.29, 1.82) is 0 Å². The summed E-state index contributed by atoms with van der Waals surface area (Å²) < 4.78 is 5.43. The molecule has 0 bridgehead atoms. The van der Waals surface area contributed by atoms with E-state index < -0.39 is 5.60 Å². The highest BCUT2D eigenvalue weighted by molar-refractivity contribution is 5.70. The van der Waals surface area contributed by atoms with E-state index >= 15 is 0 Å². The number of nitrogens with one attached hydrogen (secondary N) is 1. The Bertz CT molecular complexity index is 488. The zero-order chi connectivity index (χ0) is 13.6. The number of hydrogen-bond donors (Lipinski definition) is 1. The Balaban J connectivity index is 2.47. The van der Waals surface area contributed by atoms with Gasteiger partial charge in [-0.05, 0) is 30.4 Å². The van der Waals surface area contributed by atoms with E-state index in [-0.39, 0.29) is 11.5 Å². The second kappa shape index (κ2) is 4.01. The monoisotopic (exact) mass is 247 g/mol. The summed E-state index contributed by atoms with van der Waals surface area (Å²) in [4.78, 5) is 11.3. The van der Waals surface area contributed by atoms with Crippen LogP contribution in [-0.4, -0.2) is 12.6 Å². The van der Waals surface area contributed by atoms with Crippen LogP contribution in [0.2, 0.25) is 0 Å². The molecule has 2 rings (SSSR count). The first-order valence-corrected chi connectivity index (χ1v) is 6.31. The van der Waals surface area contributed by atoms with Crippen LogP contribution >= 0.6 is 0 Å². The predicted molar refractivity (Wildman–Crippen MR) is 71.7 cm³/mol. The van der Waals surface area contributed by atoms with Crippen molar-refractivity contribution in [3.63, 3.8) is 0 Å². The standard InChI is InChI=1S/C15H21NO2/c1-10-6-7-11(14(2,3)4)8-12(10)15(5)9-16-13(17)18-15/h6-8H,9H2,1-5H3,(H,16,17). The maximum atomic E-state index is 11.3. The van der Waals surface area contributed by atoms with Gasteiger partial charge in [-0.1, -0.05) is 39.0 Å². The van der Waals surface area contributed by atoms with Gasteiger partial charge in [-0.25, -0.2) is 4.79 Å². The molecule has 0 radical (unpaired) electrons. The summed E-state index contributed by atoms with van der Waals surface area (Å²) in [6.07, 6.45) is -0.335. The second-order valence-corrected chi connectivity index (χ2v) is 6.25. The van der Waals surface area contributed by atoms with Gasteiger partial charge < -0.3 is 10.1 Å². The van der Waals surface area contributed by atoms with Crippen molar-refractivity contribution in [2.75, 3.05) is 6.54 Å². The molecular weight excluding hydrogens is 226 g/mol. The van der Waals surface area contributed by atoms with Gasteiger partial charge in [0, 0.05) is 5.56 Å². The molecule has 1 atom stereocenters. The first-order chi connectivity index (χ1) is 8.22. The summed E-state index contributed by atoms with van der Waals surface area (Å²) in [5.41, 5.74) is 3.04. The lowest BCUT2D eigenvalue weighted by Gasteiger charge is -2.27. The van der Waals surface area contributed by atoms with Gasteiger partial charge in [-0.2, -0.15) is 0 Å². The minimum atomic E-state index is -0.553. The molecule has 98 valence electrons. The predicted octanol–water partition coefficient (Wildman–Crippen LogP) is 3.25. The second-order valence-electron chi connectivity index (χ2n) is 6.25. The number of carbonyl (C=O) groups excluding carboxylic acids is 1. The van der Waals surface area contributed by atoms with Crippen LogP contribution in [-0.2, 0) is 15.8 Å². The Kier molecular flexibility index (Phi) is 2.88. The van der Waals surface area contributed by atoms with E-state index in [9.17, 15) is 4.79 Å². The lowest BCUT2D eigenvalue weighted by Crippen LogP contribution is -2.28. The van der Waals surface area contributed by atoms with E-state index in [2.05, 4.69) is 51.2 Å². The van der Waals surface area contributed by atoms with Crippen LogP contribution in [0, 0.1) is 6.92 Å². The third-order valence-corrected chi connectivity index (χ3v) is 3.56. The Hall–Kier alpha value is -1.51. The van der Waals surface area contributed by atoms with Gasteiger partial charge >= 0.3 is 6.09 Å². The van der Waals surface area contributed by atoms with Gasteiger partial charge in [0.1, 0.15) is 0 Å². The molecule has 1 aromatic rings. The lowest BCUT2D eigenvalue weighted by atomic mass is 9.82. The van der Waals surface area contributed by atoms with Gasteiger partial charge in [0.15, 0.2) is 5.60 Å². The van der Waals surface area contributed by atoms with Gasteiger partial charge in [0.05, 0.1) is 6.54 Å².